The predicted molar refractivity (Wildman–Crippen MR) is 72.6 cm³/mol. The van der Waals surface area contributed by atoms with Crippen LogP contribution in [0.15, 0.2) is 18.2 Å². The van der Waals surface area contributed by atoms with Crippen LogP contribution in [0.4, 0.5) is 10.5 Å². The van der Waals surface area contributed by atoms with Gasteiger partial charge in [0.2, 0.25) is 0 Å². The van der Waals surface area contributed by atoms with Crippen LogP contribution in [-0.2, 0) is 0 Å². The highest BCUT2D eigenvalue weighted by Crippen LogP contribution is 2.32. The van der Waals surface area contributed by atoms with E-state index in [0.717, 1.165) is 12.8 Å². The van der Waals surface area contributed by atoms with Gasteiger partial charge in [-0.15, -0.1) is 0 Å². The van der Waals surface area contributed by atoms with E-state index in [9.17, 15) is 14.4 Å². The molecule has 1 aliphatic heterocycles. The van der Waals surface area contributed by atoms with Crippen LogP contribution >= 0.6 is 0 Å². The van der Waals surface area contributed by atoms with E-state index in [-0.39, 0.29) is 12.1 Å². The van der Waals surface area contributed by atoms with Crippen LogP contribution in [0.3, 0.4) is 0 Å². The lowest BCUT2D eigenvalue weighted by Gasteiger charge is -2.13. The van der Waals surface area contributed by atoms with Gasteiger partial charge in [-0.3, -0.25) is 14.9 Å². The number of carbonyl (C=O) groups is 3. The summed E-state index contributed by atoms with van der Waals surface area (Å²) in [5, 5.41) is 7.75. The zero-order valence-electron chi connectivity index (χ0n) is 11.0. The smallest absolute Gasteiger partial charge is 0.319 e. The third kappa shape index (κ3) is 2.36. The van der Waals surface area contributed by atoms with Crippen LogP contribution in [0, 0.1) is 5.92 Å². The van der Waals surface area contributed by atoms with Crippen molar-refractivity contribution in [2.45, 2.75) is 25.8 Å². The van der Waals surface area contributed by atoms with Crippen LogP contribution < -0.4 is 16.0 Å². The summed E-state index contributed by atoms with van der Waals surface area (Å²) in [7, 11) is 0. The topological polar surface area (TPSA) is 87.3 Å². The Hall–Kier alpha value is -2.37. The van der Waals surface area contributed by atoms with Gasteiger partial charge < -0.3 is 10.6 Å². The molecule has 1 heterocycles. The van der Waals surface area contributed by atoms with Crippen LogP contribution in [0.2, 0.25) is 0 Å². The van der Waals surface area contributed by atoms with E-state index in [0.29, 0.717) is 22.7 Å². The van der Waals surface area contributed by atoms with Crippen LogP contribution in [-0.4, -0.2) is 23.9 Å². The molecule has 1 saturated carbocycles. The third-order valence-corrected chi connectivity index (χ3v) is 3.68. The van der Waals surface area contributed by atoms with Crippen molar-refractivity contribution in [3.63, 3.8) is 0 Å². The second kappa shape index (κ2) is 4.63. The first kappa shape index (κ1) is 12.7. The molecule has 2 aliphatic rings. The molecule has 6 heteroatoms. The summed E-state index contributed by atoms with van der Waals surface area (Å²) in [6, 6.07) is 4.51. The largest absolute Gasteiger partial charge is 0.335 e. The maximum absolute atomic E-state index is 11.8. The quantitative estimate of drug-likeness (QED) is 0.729. The fourth-order valence-electron chi connectivity index (χ4n) is 2.33. The molecular weight excluding hydrogens is 258 g/mol. The Kier molecular flexibility index (Phi) is 2.93. The van der Waals surface area contributed by atoms with E-state index in [4.69, 9.17) is 0 Å². The molecule has 1 aromatic rings. The molecule has 104 valence electrons. The van der Waals surface area contributed by atoms with Gasteiger partial charge in [-0.1, -0.05) is 0 Å². The highest BCUT2D eigenvalue weighted by atomic mass is 16.2. The summed E-state index contributed by atoms with van der Waals surface area (Å²) in [5.41, 5.74) is 1.13. The van der Waals surface area contributed by atoms with Gasteiger partial charge in [0.1, 0.15) is 0 Å². The molecule has 0 bridgehead atoms. The van der Waals surface area contributed by atoms with Gasteiger partial charge in [-0.25, -0.2) is 4.79 Å². The van der Waals surface area contributed by atoms with E-state index in [1.54, 1.807) is 6.07 Å². The van der Waals surface area contributed by atoms with Gasteiger partial charge in [-0.05, 0) is 43.9 Å². The van der Waals surface area contributed by atoms with Crippen molar-refractivity contribution < 1.29 is 14.4 Å². The van der Waals surface area contributed by atoms with E-state index in [2.05, 4.69) is 16.0 Å². The Labute approximate surface area is 115 Å². The Morgan fingerprint density at radius 2 is 1.95 bits per heavy atom. The second-order valence-electron chi connectivity index (χ2n) is 5.27. The average molecular weight is 273 g/mol. The molecule has 3 rings (SSSR count). The summed E-state index contributed by atoms with van der Waals surface area (Å²) < 4.78 is 0. The summed E-state index contributed by atoms with van der Waals surface area (Å²) in [6.45, 7) is 1.98. The Morgan fingerprint density at radius 3 is 2.65 bits per heavy atom. The molecule has 0 radical (unpaired) electrons. The lowest BCUT2D eigenvalue weighted by atomic mass is 10.1. The summed E-state index contributed by atoms with van der Waals surface area (Å²) >= 11 is 0. The van der Waals surface area contributed by atoms with Crippen molar-refractivity contribution in [3.05, 3.63) is 29.3 Å². The molecule has 4 amide bonds. The van der Waals surface area contributed by atoms with Crippen molar-refractivity contribution >= 4 is 23.5 Å². The maximum Gasteiger partial charge on any atom is 0.319 e. The minimum Gasteiger partial charge on any atom is -0.335 e. The number of nitrogens with one attached hydrogen (secondary N) is 3. The highest BCUT2D eigenvalue weighted by Gasteiger charge is 2.29. The van der Waals surface area contributed by atoms with Crippen molar-refractivity contribution in [2.24, 2.45) is 5.92 Å². The van der Waals surface area contributed by atoms with Gasteiger partial charge in [0.15, 0.2) is 0 Å². The monoisotopic (exact) mass is 273 g/mol. The van der Waals surface area contributed by atoms with Gasteiger partial charge >= 0.3 is 6.03 Å². The molecular formula is C14H15N3O3. The second-order valence-corrected chi connectivity index (χ2v) is 5.27. The molecule has 6 nitrogen and oxygen atoms in total. The minimum atomic E-state index is -0.430. The van der Waals surface area contributed by atoms with Gasteiger partial charge in [0, 0.05) is 11.7 Å². The summed E-state index contributed by atoms with van der Waals surface area (Å²) in [4.78, 5) is 34.7. The fraction of sp³-hybridized carbons (Fsp3) is 0.357. The fourth-order valence-corrected chi connectivity index (χ4v) is 2.33. The number of rotatable bonds is 3. The number of anilines is 1. The standard InChI is InChI=1S/C14H15N3O3/c1-7(8-2-3-8)15-14(20)16-9-4-5-10-11(6-9)13(19)17-12(10)18/h4-8H,2-3H2,1H3,(H2,15,16,20)(H,17,18,19)/t7-/m0/s1. The molecule has 0 saturated heterocycles. The van der Waals surface area contributed by atoms with E-state index < -0.39 is 11.8 Å². The first-order valence-electron chi connectivity index (χ1n) is 6.62. The zero-order chi connectivity index (χ0) is 14.3. The van der Waals surface area contributed by atoms with Crippen LogP contribution in [0.1, 0.15) is 40.5 Å². The average Bonchev–Trinajstić information content (AvgIpc) is 3.18. The molecule has 3 N–H and O–H groups in total. The number of carbonyl (C=O) groups excluding carboxylic acids is 3. The van der Waals surface area contributed by atoms with Crippen molar-refractivity contribution in [1.29, 1.82) is 0 Å². The molecule has 0 aromatic heterocycles. The SMILES string of the molecule is C[C@H](NC(=O)Nc1ccc2c(c1)C(=O)NC2=O)C1CC1. The molecule has 1 aliphatic carbocycles. The first-order valence-corrected chi connectivity index (χ1v) is 6.62. The van der Waals surface area contributed by atoms with E-state index in [1.807, 2.05) is 6.92 Å². The normalized spacial score (nSPS) is 18.2. The molecule has 20 heavy (non-hydrogen) atoms. The molecule has 1 fully saturated rings. The number of benzene rings is 1. The lowest BCUT2D eigenvalue weighted by molar-refractivity contribution is 0.0879. The van der Waals surface area contributed by atoms with Crippen molar-refractivity contribution in [3.8, 4) is 0 Å². The molecule has 1 aromatic carbocycles. The molecule has 0 unspecified atom stereocenters. The summed E-state index contributed by atoms with van der Waals surface area (Å²) in [5.74, 6) is -0.257. The lowest BCUT2D eigenvalue weighted by Crippen LogP contribution is -2.37. The van der Waals surface area contributed by atoms with Crippen molar-refractivity contribution in [2.75, 3.05) is 5.32 Å². The zero-order valence-corrected chi connectivity index (χ0v) is 11.0. The highest BCUT2D eigenvalue weighted by molar-refractivity contribution is 6.21. The Balaban J connectivity index is 1.69. The Bertz CT molecular complexity index is 608. The van der Waals surface area contributed by atoms with Crippen LogP contribution in [0.5, 0.6) is 0 Å². The number of hydrogen-bond acceptors (Lipinski definition) is 3. The summed E-state index contributed by atoms with van der Waals surface area (Å²) in [6.07, 6.45) is 2.31. The van der Waals surface area contributed by atoms with E-state index >= 15 is 0 Å². The van der Waals surface area contributed by atoms with E-state index in [1.165, 1.54) is 12.1 Å². The van der Waals surface area contributed by atoms with Crippen molar-refractivity contribution in [1.82, 2.24) is 10.6 Å². The minimum absolute atomic E-state index is 0.148. The number of hydrogen-bond donors (Lipinski definition) is 3. The number of fused-ring (bicyclic) bond motifs is 1. The van der Waals surface area contributed by atoms with Crippen LogP contribution in [0.25, 0.3) is 0 Å². The van der Waals surface area contributed by atoms with Gasteiger partial charge in [0.05, 0.1) is 11.1 Å². The number of amides is 4. The molecule has 0 spiro atoms. The number of urea groups is 1. The number of imide groups is 1. The third-order valence-electron chi connectivity index (χ3n) is 3.68. The molecule has 1 atom stereocenters. The predicted octanol–water partition coefficient (Wildman–Crippen LogP) is 1.49. The first-order chi connectivity index (χ1) is 9.54. The van der Waals surface area contributed by atoms with Gasteiger partial charge in [-0.2, -0.15) is 0 Å². The Morgan fingerprint density at radius 1 is 1.25 bits per heavy atom. The maximum atomic E-state index is 11.8. The van der Waals surface area contributed by atoms with Gasteiger partial charge in [0.25, 0.3) is 11.8 Å².